The Morgan fingerprint density at radius 1 is 1.00 bits per heavy atom. The zero-order valence-corrected chi connectivity index (χ0v) is 21.3. The van der Waals surface area contributed by atoms with Gasteiger partial charge in [0.2, 0.25) is 0 Å². The van der Waals surface area contributed by atoms with Crippen LogP contribution >= 0.6 is 0 Å². The Bertz CT molecular complexity index is 1040. The average molecular weight is 484 g/mol. The van der Waals surface area contributed by atoms with Crippen LogP contribution in [0.25, 0.3) is 0 Å². The minimum absolute atomic E-state index is 0.0188. The van der Waals surface area contributed by atoms with Gasteiger partial charge in [-0.3, -0.25) is 4.79 Å². The van der Waals surface area contributed by atoms with Crippen molar-refractivity contribution in [2.45, 2.75) is 96.9 Å². The minimum atomic E-state index is -1.02. The monoisotopic (exact) mass is 483 g/mol. The maximum atomic E-state index is 15.3. The fourth-order valence-electron chi connectivity index (χ4n) is 9.94. The molecule has 7 rings (SSSR count). The van der Waals surface area contributed by atoms with E-state index in [0.717, 1.165) is 18.4 Å². The number of halogens is 1. The Labute approximate surface area is 207 Å². The number of carboxylic acid groups (broad SMARTS) is 1. The summed E-state index contributed by atoms with van der Waals surface area (Å²) in [5, 5.41) is 9.48. The fraction of sp³-hybridized carbons (Fsp3) is 0.724. The molecule has 1 heterocycles. The maximum absolute atomic E-state index is 15.3. The highest BCUT2D eigenvalue weighted by atomic mass is 19.1. The highest BCUT2D eigenvalue weighted by Gasteiger charge is 2.64. The van der Waals surface area contributed by atoms with Crippen LogP contribution in [0.4, 0.5) is 4.39 Å². The van der Waals surface area contributed by atoms with E-state index in [4.69, 9.17) is 4.74 Å². The van der Waals surface area contributed by atoms with Crippen LogP contribution in [-0.4, -0.2) is 41.1 Å². The molecule has 6 heteroatoms. The second-order valence-corrected chi connectivity index (χ2v) is 13.9. The predicted molar refractivity (Wildman–Crippen MR) is 130 cm³/mol. The van der Waals surface area contributed by atoms with Crippen molar-refractivity contribution in [3.63, 3.8) is 0 Å². The van der Waals surface area contributed by atoms with Crippen LogP contribution in [0.3, 0.4) is 0 Å². The summed E-state index contributed by atoms with van der Waals surface area (Å²) in [5.41, 5.74) is 2.10. The molecule has 6 fully saturated rings. The summed E-state index contributed by atoms with van der Waals surface area (Å²) in [6.45, 7) is 8.31. The molecule has 1 aromatic rings. The van der Waals surface area contributed by atoms with Crippen LogP contribution in [0.15, 0.2) is 12.1 Å². The third kappa shape index (κ3) is 3.95. The third-order valence-corrected chi connectivity index (χ3v) is 9.65. The van der Waals surface area contributed by atoms with Gasteiger partial charge in [-0.15, -0.1) is 0 Å². The number of hydrogen-bond acceptors (Lipinski definition) is 3. The number of aliphatic carboxylic acids is 1. The summed E-state index contributed by atoms with van der Waals surface area (Å²) < 4.78 is 21.8. The van der Waals surface area contributed by atoms with Gasteiger partial charge in [0.25, 0.3) is 5.91 Å². The Balaban J connectivity index is 1.27. The number of carbonyl (C=O) groups is 2. The van der Waals surface area contributed by atoms with Gasteiger partial charge in [-0.05, 0) is 98.0 Å². The van der Waals surface area contributed by atoms with Crippen molar-refractivity contribution >= 4 is 11.9 Å². The molecule has 1 saturated heterocycles. The summed E-state index contributed by atoms with van der Waals surface area (Å²) in [7, 11) is 0. The van der Waals surface area contributed by atoms with Crippen LogP contribution in [0, 0.1) is 27.5 Å². The Kier molecular flexibility index (Phi) is 4.96. The molecule has 0 radical (unpaired) electrons. The molecule has 1 amide bonds. The molecule has 4 bridgehead atoms. The molecule has 0 aromatic heterocycles. The van der Waals surface area contributed by atoms with Gasteiger partial charge in [-0.1, -0.05) is 20.8 Å². The lowest BCUT2D eigenvalue weighted by atomic mass is 9.36. The van der Waals surface area contributed by atoms with E-state index in [2.05, 4.69) is 20.8 Å². The largest absolute Gasteiger partial charge is 0.493 e. The van der Waals surface area contributed by atoms with Crippen molar-refractivity contribution in [3.05, 3.63) is 29.1 Å². The first-order valence-electron chi connectivity index (χ1n) is 13.4. The summed E-state index contributed by atoms with van der Waals surface area (Å²) >= 11 is 0. The van der Waals surface area contributed by atoms with Crippen molar-refractivity contribution in [2.75, 3.05) is 13.2 Å². The zero-order valence-electron chi connectivity index (χ0n) is 21.3. The van der Waals surface area contributed by atoms with Crippen molar-refractivity contribution in [2.24, 2.45) is 21.7 Å². The van der Waals surface area contributed by atoms with Crippen LogP contribution in [-0.2, 0) is 4.79 Å². The minimum Gasteiger partial charge on any atom is -0.493 e. The molecular formula is C29H38FNO4. The number of carboxylic acids is 1. The van der Waals surface area contributed by atoms with Crippen molar-refractivity contribution in [1.82, 2.24) is 4.90 Å². The lowest BCUT2D eigenvalue weighted by molar-refractivity contribution is -0.192. The lowest BCUT2D eigenvalue weighted by Gasteiger charge is -2.69. The van der Waals surface area contributed by atoms with Gasteiger partial charge in [0.05, 0.1) is 12.2 Å². The van der Waals surface area contributed by atoms with Gasteiger partial charge in [-0.25, -0.2) is 9.18 Å². The van der Waals surface area contributed by atoms with Gasteiger partial charge < -0.3 is 14.7 Å². The van der Waals surface area contributed by atoms with Gasteiger partial charge in [0, 0.05) is 18.0 Å². The van der Waals surface area contributed by atoms with Crippen molar-refractivity contribution in [1.29, 1.82) is 0 Å². The highest BCUT2D eigenvalue weighted by Crippen LogP contribution is 2.73. The number of ether oxygens (including phenoxy) is 1. The van der Waals surface area contributed by atoms with Gasteiger partial charge in [0.15, 0.2) is 0 Å². The quantitative estimate of drug-likeness (QED) is 0.526. The number of nitrogens with zero attached hydrogens (tertiary/aromatic N) is 1. The van der Waals surface area contributed by atoms with Crippen LogP contribution in [0.2, 0.25) is 0 Å². The summed E-state index contributed by atoms with van der Waals surface area (Å²) in [6, 6.07) is 2.19. The number of carbonyl (C=O) groups excluding carboxylic acids is 1. The number of amides is 1. The van der Waals surface area contributed by atoms with E-state index in [1.807, 2.05) is 0 Å². The molecule has 5 nitrogen and oxygen atoms in total. The summed E-state index contributed by atoms with van der Waals surface area (Å²) in [4.78, 5) is 26.1. The fourth-order valence-corrected chi connectivity index (χ4v) is 9.94. The Morgan fingerprint density at radius 2 is 1.60 bits per heavy atom. The van der Waals surface area contributed by atoms with Gasteiger partial charge >= 0.3 is 5.97 Å². The highest BCUT2D eigenvalue weighted by molar-refractivity contribution is 5.97. The van der Waals surface area contributed by atoms with Crippen LogP contribution < -0.4 is 4.74 Å². The molecule has 1 aromatic carbocycles. The normalized spacial score (nSPS) is 39.8. The smallest absolute Gasteiger partial charge is 0.326 e. The first kappa shape index (κ1) is 23.3. The number of likely N-dealkylation sites (tertiary alicyclic amines) is 1. The number of benzene rings is 1. The molecule has 0 unspecified atom stereocenters. The summed E-state index contributed by atoms with van der Waals surface area (Å²) in [6.07, 6.45) is 10.5. The zero-order chi connectivity index (χ0) is 24.8. The topological polar surface area (TPSA) is 66.8 Å². The number of rotatable bonds is 6. The van der Waals surface area contributed by atoms with E-state index in [-0.39, 0.29) is 16.9 Å². The van der Waals surface area contributed by atoms with Gasteiger partial charge in [-0.2, -0.15) is 0 Å². The van der Waals surface area contributed by atoms with Crippen LogP contribution in [0.1, 0.15) is 107 Å². The molecule has 1 N–H and O–H groups in total. The molecule has 1 atom stereocenters. The third-order valence-electron chi connectivity index (χ3n) is 9.65. The molecule has 5 aliphatic carbocycles. The van der Waals surface area contributed by atoms with Crippen molar-refractivity contribution < 1.29 is 23.8 Å². The van der Waals surface area contributed by atoms with Gasteiger partial charge in [0.1, 0.15) is 17.6 Å². The Morgan fingerprint density at radius 3 is 2.14 bits per heavy atom. The van der Waals surface area contributed by atoms with E-state index in [1.54, 1.807) is 6.07 Å². The second kappa shape index (κ2) is 7.45. The molecule has 1 aliphatic heterocycles. The first-order chi connectivity index (χ1) is 16.4. The van der Waals surface area contributed by atoms with E-state index in [9.17, 15) is 14.7 Å². The van der Waals surface area contributed by atoms with E-state index in [0.29, 0.717) is 48.0 Å². The summed E-state index contributed by atoms with van der Waals surface area (Å²) in [5.74, 6) is -1.29. The maximum Gasteiger partial charge on any atom is 0.326 e. The molecule has 6 aliphatic rings. The Hall–Kier alpha value is -2.11. The molecule has 35 heavy (non-hydrogen) atoms. The SMILES string of the molecule is CC12CC3(C)CC(C)(C1)CC(COc1cc(F)c(C(=O)N4CCC[C@H]4C(=O)O)cc1C1CC1)(C2)C3. The standard InChI is InChI=1S/C29H38FNO4/c1-26-11-27(2)13-28(3,12-26)16-29(14-26,15-27)17-35-23-10-21(30)20(9-19(23)18-6-7-18)24(32)31-8-4-5-22(31)25(33)34/h9-10,18,22H,4-8,11-17H2,1-3H3,(H,33,34)/t22-,26?,27?,28?,29?/m0/s1. The first-order valence-corrected chi connectivity index (χ1v) is 13.4. The molecular weight excluding hydrogens is 445 g/mol. The average Bonchev–Trinajstić information content (AvgIpc) is 3.43. The van der Waals surface area contributed by atoms with Crippen LogP contribution in [0.5, 0.6) is 5.75 Å². The molecule has 0 spiro atoms. The molecule has 190 valence electrons. The lowest BCUT2D eigenvalue weighted by Crippen LogP contribution is -2.60. The van der Waals surface area contributed by atoms with E-state index >= 15 is 4.39 Å². The number of hydrogen-bond donors (Lipinski definition) is 1. The molecule has 5 saturated carbocycles. The predicted octanol–water partition coefficient (Wildman–Crippen LogP) is 6.16. The van der Waals surface area contributed by atoms with E-state index in [1.165, 1.54) is 49.5 Å². The van der Waals surface area contributed by atoms with Crippen molar-refractivity contribution in [3.8, 4) is 5.75 Å². The van der Waals surface area contributed by atoms with E-state index < -0.39 is 23.7 Å². The second-order valence-electron chi connectivity index (χ2n) is 13.9.